The molecular formula is C12H12Cl2N2O2. The van der Waals surface area contributed by atoms with Gasteiger partial charge in [0, 0.05) is 17.0 Å². The van der Waals surface area contributed by atoms with Crippen molar-refractivity contribution in [3.63, 3.8) is 0 Å². The first-order valence-electron chi connectivity index (χ1n) is 5.46. The molecule has 6 heteroatoms. The first-order chi connectivity index (χ1) is 8.56. The third kappa shape index (κ3) is 3.15. The minimum Gasteiger partial charge on any atom is -0.482 e. The molecule has 1 aromatic heterocycles. The van der Waals surface area contributed by atoms with E-state index in [1.54, 1.807) is 18.2 Å². The third-order valence-electron chi connectivity index (χ3n) is 2.24. The largest absolute Gasteiger partial charge is 0.482 e. The molecule has 18 heavy (non-hydrogen) atoms. The molecule has 1 heterocycles. The van der Waals surface area contributed by atoms with Gasteiger partial charge in [-0.2, -0.15) is 4.98 Å². The molecule has 0 aliphatic rings. The average Bonchev–Trinajstić information content (AvgIpc) is 2.79. The van der Waals surface area contributed by atoms with E-state index >= 15 is 0 Å². The molecule has 0 atom stereocenters. The second kappa shape index (κ2) is 5.59. The summed E-state index contributed by atoms with van der Waals surface area (Å²) in [4.78, 5) is 4.20. The van der Waals surface area contributed by atoms with Gasteiger partial charge in [-0.1, -0.05) is 42.2 Å². The lowest BCUT2D eigenvalue weighted by Gasteiger charge is -2.05. The monoisotopic (exact) mass is 286 g/mol. The number of benzene rings is 1. The van der Waals surface area contributed by atoms with Gasteiger partial charge in [-0.05, 0) is 12.1 Å². The molecule has 0 unspecified atom stereocenters. The van der Waals surface area contributed by atoms with Crippen molar-refractivity contribution in [3.05, 3.63) is 40.0 Å². The van der Waals surface area contributed by atoms with Gasteiger partial charge in [-0.15, -0.1) is 0 Å². The van der Waals surface area contributed by atoms with Crippen molar-refractivity contribution in [2.45, 2.75) is 26.4 Å². The Labute approximate surface area is 115 Å². The first kappa shape index (κ1) is 13.2. The topological polar surface area (TPSA) is 48.2 Å². The number of aromatic nitrogens is 2. The van der Waals surface area contributed by atoms with Crippen LogP contribution in [-0.2, 0) is 6.61 Å². The van der Waals surface area contributed by atoms with Gasteiger partial charge in [-0.3, -0.25) is 0 Å². The molecule has 0 radical (unpaired) electrons. The summed E-state index contributed by atoms with van der Waals surface area (Å²) in [6.45, 7) is 4.15. The molecule has 0 saturated heterocycles. The highest BCUT2D eigenvalue weighted by Crippen LogP contribution is 2.28. The van der Waals surface area contributed by atoms with Crippen LogP contribution in [0.1, 0.15) is 31.5 Å². The molecule has 4 nitrogen and oxygen atoms in total. The van der Waals surface area contributed by atoms with Crippen LogP contribution in [0, 0.1) is 0 Å². The molecule has 0 N–H and O–H groups in total. The molecule has 96 valence electrons. The zero-order valence-corrected chi connectivity index (χ0v) is 11.5. The fourth-order valence-electron chi connectivity index (χ4n) is 1.29. The Hall–Kier alpha value is -1.26. The minimum absolute atomic E-state index is 0.166. The summed E-state index contributed by atoms with van der Waals surface area (Å²) in [5.74, 6) is 1.78. The highest BCUT2D eigenvalue weighted by Gasteiger charge is 2.11. The van der Waals surface area contributed by atoms with E-state index in [1.165, 1.54) is 0 Å². The van der Waals surface area contributed by atoms with E-state index in [0.717, 1.165) is 0 Å². The summed E-state index contributed by atoms with van der Waals surface area (Å²) in [5.41, 5.74) is 0. The van der Waals surface area contributed by atoms with Crippen molar-refractivity contribution < 1.29 is 9.26 Å². The van der Waals surface area contributed by atoms with Crippen molar-refractivity contribution in [2.24, 2.45) is 0 Å². The minimum atomic E-state index is 0.166. The molecule has 0 amide bonds. The van der Waals surface area contributed by atoms with Crippen LogP contribution in [0.4, 0.5) is 0 Å². The Morgan fingerprint density at radius 3 is 2.78 bits per heavy atom. The summed E-state index contributed by atoms with van der Waals surface area (Å²) in [6.07, 6.45) is 0. The Kier molecular flexibility index (Phi) is 4.09. The van der Waals surface area contributed by atoms with Gasteiger partial charge in [0.15, 0.2) is 12.4 Å². The molecule has 2 rings (SSSR count). The smallest absolute Gasteiger partial charge is 0.264 e. The molecule has 0 bridgehead atoms. The van der Waals surface area contributed by atoms with E-state index in [1.807, 2.05) is 13.8 Å². The second-order valence-corrected chi connectivity index (χ2v) is 4.91. The van der Waals surface area contributed by atoms with Crippen LogP contribution in [0.5, 0.6) is 5.75 Å². The van der Waals surface area contributed by atoms with Crippen LogP contribution in [-0.4, -0.2) is 10.1 Å². The Morgan fingerprint density at radius 1 is 1.33 bits per heavy atom. The quantitative estimate of drug-likeness (QED) is 0.850. The molecule has 0 aliphatic carbocycles. The normalized spacial score (nSPS) is 10.9. The maximum Gasteiger partial charge on any atom is 0.264 e. The molecule has 0 fully saturated rings. The van der Waals surface area contributed by atoms with Crippen LogP contribution in [0.15, 0.2) is 22.7 Å². The van der Waals surface area contributed by atoms with Gasteiger partial charge in [0.05, 0.1) is 5.02 Å². The number of ether oxygens (including phenoxy) is 1. The van der Waals surface area contributed by atoms with E-state index in [-0.39, 0.29) is 12.5 Å². The van der Waals surface area contributed by atoms with Crippen molar-refractivity contribution >= 4 is 23.2 Å². The van der Waals surface area contributed by atoms with Crippen LogP contribution in [0.25, 0.3) is 0 Å². The second-order valence-electron chi connectivity index (χ2n) is 4.06. The lowest BCUT2D eigenvalue weighted by atomic mass is 10.2. The van der Waals surface area contributed by atoms with E-state index in [9.17, 15) is 0 Å². The maximum absolute atomic E-state index is 5.97. The fourth-order valence-corrected chi connectivity index (χ4v) is 1.62. The summed E-state index contributed by atoms with van der Waals surface area (Å²) in [6, 6.07) is 5.01. The summed E-state index contributed by atoms with van der Waals surface area (Å²) in [7, 11) is 0. The number of halogens is 2. The van der Waals surface area contributed by atoms with Gasteiger partial charge >= 0.3 is 0 Å². The fraction of sp³-hybridized carbons (Fsp3) is 0.333. The van der Waals surface area contributed by atoms with Crippen LogP contribution in [0.2, 0.25) is 10.0 Å². The van der Waals surface area contributed by atoms with Crippen LogP contribution >= 0.6 is 23.2 Å². The van der Waals surface area contributed by atoms with E-state index in [0.29, 0.717) is 27.5 Å². The predicted octanol–water partition coefficient (Wildman–Crippen LogP) is 4.08. The molecule has 0 saturated carbocycles. The van der Waals surface area contributed by atoms with Gasteiger partial charge in [-0.25, -0.2) is 0 Å². The lowest BCUT2D eigenvalue weighted by molar-refractivity contribution is 0.242. The third-order valence-corrected chi connectivity index (χ3v) is 2.79. The summed E-state index contributed by atoms with van der Waals surface area (Å²) >= 11 is 11.8. The van der Waals surface area contributed by atoms with E-state index in [2.05, 4.69) is 10.1 Å². The number of rotatable bonds is 4. The highest BCUT2D eigenvalue weighted by atomic mass is 35.5. The summed E-state index contributed by atoms with van der Waals surface area (Å²) in [5, 5.41) is 4.89. The molecular weight excluding hydrogens is 275 g/mol. The molecule has 2 aromatic rings. The number of nitrogens with zero attached hydrogens (tertiary/aromatic N) is 2. The van der Waals surface area contributed by atoms with Gasteiger partial charge < -0.3 is 9.26 Å². The van der Waals surface area contributed by atoms with E-state index < -0.39 is 0 Å². The summed E-state index contributed by atoms with van der Waals surface area (Å²) < 4.78 is 10.5. The van der Waals surface area contributed by atoms with Crippen molar-refractivity contribution in [1.29, 1.82) is 0 Å². The van der Waals surface area contributed by atoms with Crippen molar-refractivity contribution in [3.8, 4) is 5.75 Å². The molecule has 1 aromatic carbocycles. The highest BCUT2D eigenvalue weighted by molar-refractivity contribution is 6.34. The Morgan fingerprint density at radius 2 is 2.11 bits per heavy atom. The average molecular weight is 287 g/mol. The Bertz CT molecular complexity index is 541. The molecule has 0 aliphatic heterocycles. The maximum atomic E-state index is 5.97. The zero-order chi connectivity index (χ0) is 13.1. The number of hydrogen-bond acceptors (Lipinski definition) is 4. The molecule has 0 spiro atoms. The van der Waals surface area contributed by atoms with Gasteiger partial charge in [0.1, 0.15) is 5.75 Å². The van der Waals surface area contributed by atoms with Gasteiger partial charge in [0.25, 0.3) is 5.89 Å². The number of hydrogen-bond donors (Lipinski definition) is 0. The van der Waals surface area contributed by atoms with Gasteiger partial charge in [0.2, 0.25) is 0 Å². The Balaban J connectivity index is 2.04. The van der Waals surface area contributed by atoms with E-state index in [4.69, 9.17) is 32.5 Å². The van der Waals surface area contributed by atoms with Crippen LogP contribution < -0.4 is 4.74 Å². The van der Waals surface area contributed by atoms with Crippen LogP contribution in [0.3, 0.4) is 0 Å². The standard InChI is InChI=1S/C12H12Cl2N2O2/c1-7(2)12-15-11(18-16-12)6-17-10-5-8(13)3-4-9(10)14/h3-5,7H,6H2,1-2H3. The zero-order valence-electron chi connectivity index (χ0n) is 9.98. The first-order valence-corrected chi connectivity index (χ1v) is 6.22. The van der Waals surface area contributed by atoms with Crippen molar-refractivity contribution in [1.82, 2.24) is 10.1 Å². The SMILES string of the molecule is CC(C)c1noc(COc2cc(Cl)ccc2Cl)n1. The lowest BCUT2D eigenvalue weighted by Crippen LogP contribution is -1.97. The predicted molar refractivity (Wildman–Crippen MR) is 69.2 cm³/mol. The van der Waals surface area contributed by atoms with Crippen molar-refractivity contribution in [2.75, 3.05) is 0 Å².